The Morgan fingerprint density at radius 2 is 2.07 bits per heavy atom. The first-order chi connectivity index (χ1) is 6.61. The molecule has 5 heteroatoms. The standard InChI is InChI=1S/C9H16O3S2/c1-12-9-3-2-7-5-13-14(10,11)6-8(7)4-9/h7-9H,2-6H2,1H3/t7-,8-,9?/m1/s1. The molecule has 1 aliphatic heterocycles. The Bertz CT molecular complexity index is 299. The van der Waals surface area contributed by atoms with Crippen molar-refractivity contribution in [1.82, 2.24) is 0 Å². The molecule has 0 aromatic heterocycles. The molecule has 2 rings (SSSR count). The zero-order valence-electron chi connectivity index (χ0n) is 8.31. The zero-order chi connectivity index (χ0) is 10.2. The van der Waals surface area contributed by atoms with E-state index in [1.165, 1.54) is 0 Å². The molecule has 2 aliphatic rings. The Balaban J connectivity index is 2.04. The summed E-state index contributed by atoms with van der Waals surface area (Å²) in [7, 11) is 0.0419. The van der Waals surface area contributed by atoms with Gasteiger partial charge in [-0.05, 0) is 41.9 Å². The van der Waals surface area contributed by atoms with Crippen LogP contribution in [-0.4, -0.2) is 33.1 Å². The van der Waals surface area contributed by atoms with Crippen LogP contribution < -0.4 is 0 Å². The molecule has 1 aliphatic carbocycles. The fourth-order valence-corrected chi connectivity index (χ4v) is 6.23. The third-order valence-corrected chi connectivity index (χ3v) is 6.96. The second kappa shape index (κ2) is 4.02. The summed E-state index contributed by atoms with van der Waals surface area (Å²) >= 11 is 0. The van der Waals surface area contributed by atoms with Crippen LogP contribution in [0.4, 0.5) is 0 Å². The van der Waals surface area contributed by atoms with E-state index >= 15 is 0 Å². The van der Waals surface area contributed by atoms with Crippen molar-refractivity contribution in [3.63, 3.8) is 0 Å². The second-order valence-corrected chi connectivity index (χ2v) is 8.45. The van der Waals surface area contributed by atoms with Crippen LogP contribution in [0.25, 0.3) is 0 Å². The zero-order valence-corrected chi connectivity index (χ0v) is 9.94. The van der Waals surface area contributed by atoms with Crippen molar-refractivity contribution in [2.45, 2.75) is 25.4 Å². The van der Waals surface area contributed by atoms with Crippen LogP contribution in [0.2, 0.25) is 0 Å². The summed E-state index contributed by atoms with van der Waals surface area (Å²) in [6.07, 6.45) is 3.44. The van der Waals surface area contributed by atoms with Crippen molar-refractivity contribution in [1.29, 1.82) is 0 Å². The van der Waals surface area contributed by atoms with Gasteiger partial charge in [-0.3, -0.25) is 0 Å². The maximum atomic E-state index is 11.4. The van der Waals surface area contributed by atoms with Gasteiger partial charge in [0, 0.05) is 12.9 Å². The van der Waals surface area contributed by atoms with Gasteiger partial charge < -0.3 is 4.74 Å². The highest BCUT2D eigenvalue weighted by atomic mass is 33.1. The van der Waals surface area contributed by atoms with Crippen molar-refractivity contribution < 1.29 is 13.2 Å². The molecule has 1 unspecified atom stereocenters. The number of ether oxygens (including phenoxy) is 1. The minimum Gasteiger partial charge on any atom is -0.381 e. The molecule has 0 amide bonds. The first kappa shape index (κ1) is 10.8. The van der Waals surface area contributed by atoms with E-state index in [4.69, 9.17) is 4.74 Å². The van der Waals surface area contributed by atoms with E-state index in [0.29, 0.717) is 17.6 Å². The highest BCUT2D eigenvalue weighted by Crippen LogP contribution is 2.40. The van der Waals surface area contributed by atoms with Crippen molar-refractivity contribution in [3.05, 3.63) is 0 Å². The highest BCUT2D eigenvalue weighted by Gasteiger charge is 2.38. The normalized spacial score (nSPS) is 41.6. The van der Waals surface area contributed by atoms with Crippen molar-refractivity contribution in [3.8, 4) is 0 Å². The van der Waals surface area contributed by atoms with Gasteiger partial charge in [0.2, 0.25) is 8.87 Å². The number of methoxy groups -OCH3 is 1. The average Bonchev–Trinajstić information content (AvgIpc) is 2.15. The highest BCUT2D eigenvalue weighted by molar-refractivity contribution is 8.72. The molecule has 0 spiro atoms. The average molecular weight is 236 g/mol. The number of hydrogen-bond acceptors (Lipinski definition) is 4. The number of rotatable bonds is 1. The van der Waals surface area contributed by atoms with E-state index in [1.54, 1.807) is 7.11 Å². The molecule has 0 radical (unpaired) electrons. The maximum absolute atomic E-state index is 11.4. The lowest BCUT2D eigenvalue weighted by Gasteiger charge is -2.37. The van der Waals surface area contributed by atoms with Gasteiger partial charge in [0.1, 0.15) is 0 Å². The summed E-state index contributed by atoms with van der Waals surface area (Å²) in [5, 5.41) is 0. The Kier molecular flexibility index (Phi) is 3.09. The molecule has 0 aromatic carbocycles. The minimum atomic E-state index is -2.82. The first-order valence-electron chi connectivity index (χ1n) is 5.00. The lowest BCUT2D eigenvalue weighted by Crippen LogP contribution is -2.37. The molecule has 3 atom stereocenters. The third-order valence-electron chi connectivity index (χ3n) is 3.30. The Morgan fingerprint density at radius 3 is 2.79 bits per heavy atom. The lowest BCUT2D eigenvalue weighted by molar-refractivity contribution is 0.0382. The van der Waals surface area contributed by atoms with E-state index in [0.717, 1.165) is 35.8 Å². The molecule has 1 saturated heterocycles. The Hall–Kier alpha value is 0.260. The number of fused-ring (bicyclic) bond motifs is 1. The first-order valence-corrected chi connectivity index (χ1v) is 8.16. The summed E-state index contributed by atoms with van der Waals surface area (Å²) in [6.45, 7) is 0. The maximum Gasteiger partial charge on any atom is 0.201 e. The Morgan fingerprint density at radius 1 is 1.29 bits per heavy atom. The van der Waals surface area contributed by atoms with Gasteiger partial charge in [-0.1, -0.05) is 0 Å². The second-order valence-electron chi connectivity index (χ2n) is 4.20. The molecular formula is C9H16O3S2. The fourth-order valence-electron chi connectivity index (χ4n) is 2.42. The molecule has 1 heterocycles. The summed E-state index contributed by atoms with van der Waals surface area (Å²) < 4.78 is 28.2. The molecule has 3 nitrogen and oxygen atoms in total. The van der Waals surface area contributed by atoms with Crippen LogP contribution in [0.5, 0.6) is 0 Å². The van der Waals surface area contributed by atoms with Crippen molar-refractivity contribution in [2.75, 3.05) is 18.6 Å². The minimum absolute atomic E-state index is 0.287. The molecule has 0 N–H and O–H groups in total. The lowest BCUT2D eigenvalue weighted by atomic mass is 9.80. The quantitative estimate of drug-likeness (QED) is 0.647. The largest absolute Gasteiger partial charge is 0.381 e. The monoisotopic (exact) mass is 236 g/mol. The van der Waals surface area contributed by atoms with Crippen LogP contribution in [0.3, 0.4) is 0 Å². The number of hydrogen-bond donors (Lipinski definition) is 0. The topological polar surface area (TPSA) is 43.4 Å². The van der Waals surface area contributed by atoms with E-state index in [1.807, 2.05) is 0 Å². The van der Waals surface area contributed by atoms with Crippen LogP contribution in [0, 0.1) is 11.8 Å². The van der Waals surface area contributed by atoms with Crippen LogP contribution >= 0.6 is 10.8 Å². The van der Waals surface area contributed by atoms with Crippen molar-refractivity contribution in [2.24, 2.45) is 11.8 Å². The molecule has 82 valence electrons. The van der Waals surface area contributed by atoms with Crippen molar-refractivity contribution >= 4 is 19.7 Å². The Labute approximate surface area is 88.9 Å². The molecular weight excluding hydrogens is 220 g/mol. The fraction of sp³-hybridized carbons (Fsp3) is 1.00. The van der Waals surface area contributed by atoms with Gasteiger partial charge in [0.25, 0.3) is 0 Å². The molecule has 0 aromatic rings. The van der Waals surface area contributed by atoms with Gasteiger partial charge in [0.15, 0.2) is 0 Å². The predicted octanol–water partition coefficient (Wildman–Crippen LogP) is 1.49. The van der Waals surface area contributed by atoms with E-state index in [2.05, 4.69) is 0 Å². The van der Waals surface area contributed by atoms with E-state index in [-0.39, 0.29) is 6.10 Å². The van der Waals surface area contributed by atoms with E-state index in [9.17, 15) is 8.42 Å². The van der Waals surface area contributed by atoms with Crippen LogP contribution in [0.15, 0.2) is 0 Å². The predicted molar refractivity (Wildman–Crippen MR) is 57.9 cm³/mol. The van der Waals surface area contributed by atoms with E-state index < -0.39 is 8.87 Å². The summed E-state index contributed by atoms with van der Waals surface area (Å²) in [4.78, 5) is 0. The van der Waals surface area contributed by atoms with Gasteiger partial charge in [0.05, 0.1) is 11.9 Å². The molecule has 2 fully saturated rings. The summed E-state index contributed by atoms with van der Waals surface area (Å²) in [6, 6.07) is 0. The smallest absolute Gasteiger partial charge is 0.201 e. The van der Waals surface area contributed by atoms with Gasteiger partial charge in [-0.15, -0.1) is 0 Å². The van der Waals surface area contributed by atoms with Gasteiger partial charge in [-0.25, -0.2) is 8.42 Å². The van der Waals surface area contributed by atoms with Gasteiger partial charge >= 0.3 is 0 Å². The molecule has 1 saturated carbocycles. The third kappa shape index (κ3) is 2.25. The van der Waals surface area contributed by atoms with Gasteiger partial charge in [-0.2, -0.15) is 0 Å². The molecule has 0 bridgehead atoms. The van der Waals surface area contributed by atoms with Crippen LogP contribution in [0.1, 0.15) is 19.3 Å². The summed E-state index contributed by atoms with van der Waals surface area (Å²) in [5.41, 5.74) is 0. The summed E-state index contributed by atoms with van der Waals surface area (Å²) in [5.74, 6) is 2.11. The van der Waals surface area contributed by atoms with Crippen LogP contribution in [-0.2, 0) is 13.6 Å². The SMILES string of the molecule is COC1CC[C@@H]2CSS(=O)(=O)C[C@H]2C1. The molecule has 14 heavy (non-hydrogen) atoms.